The average Bonchev–Trinajstić information content (AvgIpc) is 3.11. The number of hydrogen-bond donors (Lipinski definition) is 1. The Morgan fingerprint density at radius 2 is 2.17 bits per heavy atom. The summed E-state index contributed by atoms with van der Waals surface area (Å²) in [5.41, 5.74) is 2.57. The number of urea groups is 1. The highest BCUT2D eigenvalue weighted by Gasteiger charge is 2.30. The third kappa shape index (κ3) is 3.52. The van der Waals surface area contributed by atoms with Crippen molar-refractivity contribution in [2.75, 3.05) is 12.4 Å². The van der Waals surface area contributed by atoms with Gasteiger partial charge in [-0.3, -0.25) is 4.68 Å². The number of aromatic nitrogens is 2. The van der Waals surface area contributed by atoms with Crippen LogP contribution in [0.15, 0.2) is 36.7 Å². The Labute approximate surface area is 137 Å². The largest absolute Gasteiger partial charge is 0.408 e. The van der Waals surface area contributed by atoms with Crippen LogP contribution in [0.3, 0.4) is 0 Å². The second-order valence-corrected chi connectivity index (χ2v) is 5.84. The van der Waals surface area contributed by atoms with Crippen molar-refractivity contribution in [2.45, 2.75) is 31.6 Å². The van der Waals surface area contributed by atoms with Crippen LogP contribution in [0.5, 0.6) is 0 Å². The molecule has 1 heterocycles. The summed E-state index contributed by atoms with van der Waals surface area (Å²) in [6.45, 7) is -1.19. The number of halogens is 3. The van der Waals surface area contributed by atoms with E-state index in [1.165, 1.54) is 18.0 Å². The molecule has 0 spiro atoms. The molecule has 1 aliphatic carbocycles. The Morgan fingerprint density at radius 1 is 1.42 bits per heavy atom. The summed E-state index contributed by atoms with van der Waals surface area (Å²) < 4.78 is 37.7. The molecule has 0 bridgehead atoms. The van der Waals surface area contributed by atoms with Gasteiger partial charge in [-0.2, -0.15) is 18.3 Å². The monoisotopic (exact) mass is 338 g/mol. The van der Waals surface area contributed by atoms with Crippen molar-refractivity contribution in [1.82, 2.24) is 14.7 Å². The van der Waals surface area contributed by atoms with Gasteiger partial charge >= 0.3 is 12.2 Å². The van der Waals surface area contributed by atoms with Crippen LogP contribution in [0.4, 0.5) is 23.7 Å². The Bertz CT molecular complexity index is 741. The molecule has 1 aromatic heterocycles. The lowest BCUT2D eigenvalue weighted by Gasteiger charge is -2.25. The van der Waals surface area contributed by atoms with Crippen molar-refractivity contribution in [3.05, 3.63) is 47.8 Å². The molecule has 5 nitrogen and oxygen atoms in total. The number of benzene rings is 1. The first-order valence-corrected chi connectivity index (χ1v) is 7.54. The maximum Gasteiger partial charge on any atom is 0.408 e. The molecule has 8 heteroatoms. The van der Waals surface area contributed by atoms with Crippen LogP contribution in [0.25, 0.3) is 0 Å². The third-order valence-corrected chi connectivity index (χ3v) is 4.11. The lowest BCUT2D eigenvalue weighted by atomic mass is 10.1. The van der Waals surface area contributed by atoms with Crippen molar-refractivity contribution in [1.29, 1.82) is 0 Å². The Balaban J connectivity index is 1.65. The maximum atomic E-state index is 12.4. The standard InChI is InChI=1S/C16H17F3N4O/c1-22(14-7-6-11-4-2-3-5-13(11)14)15(24)21-12-8-20-23(9-12)10-16(17,18)19/h2-5,8-9,14H,6-7,10H2,1H3,(H,21,24). The molecule has 0 fully saturated rings. The van der Waals surface area contributed by atoms with Gasteiger partial charge in [-0.25, -0.2) is 4.79 Å². The van der Waals surface area contributed by atoms with E-state index in [2.05, 4.69) is 10.4 Å². The summed E-state index contributed by atoms with van der Waals surface area (Å²) in [5, 5.41) is 6.20. The van der Waals surface area contributed by atoms with Gasteiger partial charge in [0.25, 0.3) is 0 Å². The molecule has 1 aromatic carbocycles. The average molecular weight is 338 g/mol. The van der Waals surface area contributed by atoms with Crippen molar-refractivity contribution < 1.29 is 18.0 Å². The van der Waals surface area contributed by atoms with E-state index in [1.54, 1.807) is 11.9 Å². The zero-order chi connectivity index (χ0) is 17.3. The maximum absolute atomic E-state index is 12.4. The van der Waals surface area contributed by atoms with E-state index >= 15 is 0 Å². The molecule has 1 atom stereocenters. The molecule has 2 amide bonds. The predicted molar refractivity (Wildman–Crippen MR) is 82.6 cm³/mol. The number of hydrogen-bond acceptors (Lipinski definition) is 2. The van der Waals surface area contributed by atoms with Gasteiger partial charge in [0.1, 0.15) is 6.54 Å². The van der Waals surface area contributed by atoms with Crippen molar-refractivity contribution in [3.63, 3.8) is 0 Å². The van der Waals surface area contributed by atoms with Crippen LogP contribution in [-0.4, -0.2) is 33.9 Å². The third-order valence-electron chi connectivity index (χ3n) is 4.11. The molecule has 0 saturated heterocycles. The van der Waals surface area contributed by atoms with Gasteiger partial charge in [-0.1, -0.05) is 24.3 Å². The van der Waals surface area contributed by atoms with E-state index in [0.29, 0.717) is 0 Å². The smallest absolute Gasteiger partial charge is 0.321 e. The van der Waals surface area contributed by atoms with Crippen LogP contribution in [0, 0.1) is 0 Å². The number of anilines is 1. The van der Waals surface area contributed by atoms with E-state index in [0.717, 1.165) is 23.1 Å². The van der Waals surface area contributed by atoms with Gasteiger partial charge in [0.2, 0.25) is 0 Å². The summed E-state index contributed by atoms with van der Waals surface area (Å²) in [4.78, 5) is 13.9. The normalized spacial score (nSPS) is 16.8. The summed E-state index contributed by atoms with van der Waals surface area (Å²) in [6.07, 6.45) is -0.238. The molecule has 24 heavy (non-hydrogen) atoms. The van der Waals surface area contributed by atoms with Crippen LogP contribution < -0.4 is 5.32 Å². The zero-order valence-electron chi connectivity index (χ0n) is 13.0. The first-order valence-electron chi connectivity index (χ1n) is 7.54. The lowest BCUT2D eigenvalue weighted by molar-refractivity contribution is -0.142. The van der Waals surface area contributed by atoms with Gasteiger partial charge < -0.3 is 10.2 Å². The number of rotatable bonds is 3. The number of fused-ring (bicyclic) bond motifs is 1. The van der Waals surface area contributed by atoms with E-state index in [9.17, 15) is 18.0 Å². The van der Waals surface area contributed by atoms with Crippen LogP contribution >= 0.6 is 0 Å². The molecule has 1 N–H and O–H groups in total. The van der Waals surface area contributed by atoms with E-state index in [4.69, 9.17) is 0 Å². The number of nitrogens with one attached hydrogen (secondary N) is 1. The molecule has 128 valence electrons. The zero-order valence-corrected chi connectivity index (χ0v) is 13.0. The number of alkyl halides is 3. The van der Waals surface area contributed by atoms with Gasteiger partial charge in [0.05, 0.1) is 17.9 Å². The quantitative estimate of drug-likeness (QED) is 0.930. The fraction of sp³-hybridized carbons (Fsp3) is 0.375. The summed E-state index contributed by atoms with van der Waals surface area (Å²) >= 11 is 0. The number of carbonyl (C=O) groups excluding carboxylic acids is 1. The van der Waals surface area contributed by atoms with Gasteiger partial charge in [-0.15, -0.1) is 0 Å². The highest BCUT2D eigenvalue weighted by atomic mass is 19.4. The highest BCUT2D eigenvalue weighted by molar-refractivity contribution is 5.89. The summed E-state index contributed by atoms with van der Waals surface area (Å²) in [5.74, 6) is 0. The van der Waals surface area contributed by atoms with Crippen molar-refractivity contribution >= 4 is 11.7 Å². The fourth-order valence-corrected chi connectivity index (χ4v) is 2.99. The molecule has 1 unspecified atom stereocenters. The minimum atomic E-state index is -4.35. The molecule has 0 saturated carbocycles. The molecule has 2 aromatic rings. The van der Waals surface area contributed by atoms with Crippen molar-refractivity contribution in [3.8, 4) is 0 Å². The van der Waals surface area contributed by atoms with Crippen molar-refractivity contribution in [2.24, 2.45) is 0 Å². The Hall–Kier alpha value is -2.51. The number of carbonyl (C=O) groups is 1. The first kappa shape index (κ1) is 16.4. The topological polar surface area (TPSA) is 50.2 Å². The fourth-order valence-electron chi connectivity index (χ4n) is 2.99. The SMILES string of the molecule is CN(C(=O)Nc1cnn(CC(F)(F)F)c1)C1CCc2ccccc21. The number of aryl methyl sites for hydroxylation is 1. The van der Waals surface area contributed by atoms with Crippen LogP contribution in [0.1, 0.15) is 23.6 Å². The van der Waals surface area contributed by atoms with Gasteiger partial charge in [-0.05, 0) is 24.0 Å². The molecule has 0 aliphatic heterocycles. The summed E-state index contributed by atoms with van der Waals surface area (Å²) in [7, 11) is 1.68. The van der Waals surface area contributed by atoms with Gasteiger partial charge in [0.15, 0.2) is 0 Å². The lowest BCUT2D eigenvalue weighted by Crippen LogP contribution is -2.33. The van der Waals surface area contributed by atoms with Gasteiger partial charge in [0, 0.05) is 13.2 Å². The van der Waals surface area contributed by atoms with E-state index < -0.39 is 12.7 Å². The second-order valence-electron chi connectivity index (χ2n) is 5.84. The number of amides is 2. The minimum Gasteiger partial charge on any atom is -0.321 e. The molecule has 1 aliphatic rings. The Kier molecular flexibility index (Phi) is 4.21. The summed E-state index contributed by atoms with van der Waals surface area (Å²) in [6, 6.07) is 7.54. The second kappa shape index (κ2) is 6.18. The molecule has 0 radical (unpaired) electrons. The van der Waals surface area contributed by atoms with E-state index in [1.807, 2.05) is 24.3 Å². The number of nitrogens with zero attached hydrogens (tertiary/aromatic N) is 3. The first-order chi connectivity index (χ1) is 11.3. The highest BCUT2D eigenvalue weighted by Crippen LogP contribution is 2.35. The Morgan fingerprint density at radius 3 is 2.92 bits per heavy atom. The van der Waals surface area contributed by atoms with Crippen LogP contribution in [0.2, 0.25) is 0 Å². The van der Waals surface area contributed by atoms with E-state index in [-0.39, 0.29) is 17.8 Å². The molecular formula is C16H17F3N4O. The minimum absolute atomic E-state index is 0.0357. The molecular weight excluding hydrogens is 321 g/mol. The van der Waals surface area contributed by atoms with Crippen LogP contribution in [-0.2, 0) is 13.0 Å². The predicted octanol–water partition coefficient (Wildman–Crippen LogP) is 3.60. The molecule has 3 rings (SSSR count).